The summed E-state index contributed by atoms with van der Waals surface area (Å²) >= 11 is 5.03. The monoisotopic (exact) mass is 276 g/mol. The molecule has 0 spiro atoms. The first-order chi connectivity index (χ1) is 6.63. The van der Waals surface area contributed by atoms with Gasteiger partial charge in [-0.3, -0.25) is 0 Å². The van der Waals surface area contributed by atoms with Gasteiger partial charge in [0.15, 0.2) is 0 Å². The van der Waals surface area contributed by atoms with Gasteiger partial charge in [0.05, 0.1) is 9.89 Å². The van der Waals surface area contributed by atoms with E-state index >= 15 is 0 Å². The number of aliphatic hydroxyl groups is 1. The second-order valence-corrected chi connectivity index (χ2v) is 6.12. The predicted molar refractivity (Wildman–Crippen MR) is 65.7 cm³/mol. The van der Waals surface area contributed by atoms with Crippen LogP contribution in [0.2, 0.25) is 0 Å². The summed E-state index contributed by atoms with van der Waals surface area (Å²) in [6, 6.07) is 2.01. The maximum absolute atomic E-state index is 9.92. The van der Waals surface area contributed by atoms with Crippen molar-refractivity contribution in [2.24, 2.45) is 5.92 Å². The zero-order chi connectivity index (χ0) is 10.6. The molecule has 2 atom stereocenters. The molecule has 0 radical (unpaired) electrons. The third-order valence-electron chi connectivity index (χ3n) is 2.38. The number of aliphatic hydroxyl groups excluding tert-OH is 1. The highest BCUT2D eigenvalue weighted by Gasteiger charge is 2.13. The minimum Gasteiger partial charge on any atom is -0.388 e. The minimum absolute atomic E-state index is 0.293. The molecule has 1 heterocycles. The van der Waals surface area contributed by atoms with Gasteiger partial charge in [-0.15, -0.1) is 11.3 Å². The Kier molecular flexibility index (Phi) is 5.13. The lowest BCUT2D eigenvalue weighted by Crippen LogP contribution is -2.03. The molecule has 3 heteroatoms. The summed E-state index contributed by atoms with van der Waals surface area (Å²) in [5, 5.41) is 11.9. The van der Waals surface area contributed by atoms with Crippen molar-refractivity contribution in [2.75, 3.05) is 0 Å². The van der Waals surface area contributed by atoms with E-state index in [1.807, 2.05) is 11.4 Å². The average molecular weight is 277 g/mol. The molecule has 0 fully saturated rings. The second kappa shape index (κ2) is 5.89. The summed E-state index contributed by atoms with van der Waals surface area (Å²) in [6.45, 7) is 4.39. The molecule has 14 heavy (non-hydrogen) atoms. The van der Waals surface area contributed by atoms with Crippen LogP contribution in [0.15, 0.2) is 15.2 Å². The van der Waals surface area contributed by atoms with Crippen molar-refractivity contribution < 1.29 is 5.11 Å². The molecule has 0 aliphatic rings. The molecular formula is C11H17BrOS. The first-order valence-corrected chi connectivity index (χ1v) is 6.72. The van der Waals surface area contributed by atoms with Crippen molar-refractivity contribution in [3.8, 4) is 0 Å². The fourth-order valence-corrected chi connectivity index (χ4v) is 2.85. The summed E-state index contributed by atoms with van der Waals surface area (Å²) in [5.74, 6) is 0.605. The molecule has 0 aromatic carbocycles. The zero-order valence-electron chi connectivity index (χ0n) is 8.66. The van der Waals surface area contributed by atoms with Gasteiger partial charge in [-0.25, -0.2) is 0 Å². The molecule has 1 nitrogen and oxygen atoms in total. The van der Waals surface area contributed by atoms with Crippen LogP contribution < -0.4 is 0 Å². The van der Waals surface area contributed by atoms with E-state index in [2.05, 4.69) is 29.8 Å². The largest absolute Gasteiger partial charge is 0.388 e. The lowest BCUT2D eigenvalue weighted by atomic mass is 9.96. The second-order valence-electron chi connectivity index (χ2n) is 3.83. The topological polar surface area (TPSA) is 20.2 Å². The van der Waals surface area contributed by atoms with Crippen LogP contribution in [0.4, 0.5) is 0 Å². The molecule has 1 rings (SSSR count). The van der Waals surface area contributed by atoms with Gasteiger partial charge in [0.1, 0.15) is 0 Å². The molecule has 2 unspecified atom stereocenters. The Bertz CT molecular complexity index is 272. The van der Waals surface area contributed by atoms with Gasteiger partial charge < -0.3 is 5.11 Å². The molecule has 0 saturated heterocycles. The Morgan fingerprint density at radius 3 is 2.79 bits per heavy atom. The maximum Gasteiger partial charge on any atom is 0.0801 e. The standard InChI is InChI=1S/C11H17BrOS/c1-3-4-8(2)5-10(13)9-6-11(12)14-7-9/h6-8,10,13H,3-5H2,1-2H3. The van der Waals surface area contributed by atoms with Gasteiger partial charge >= 0.3 is 0 Å². The van der Waals surface area contributed by atoms with E-state index in [9.17, 15) is 5.11 Å². The summed E-state index contributed by atoms with van der Waals surface area (Å²) in [5.41, 5.74) is 1.05. The number of hydrogen-bond donors (Lipinski definition) is 1. The van der Waals surface area contributed by atoms with Gasteiger partial charge in [-0.05, 0) is 45.3 Å². The van der Waals surface area contributed by atoms with Crippen molar-refractivity contribution in [2.45, 2.75) is 39.2 Å². The Morgan fingerprint density at radius 1 is 1.57 bits per heavy atom. The van der Waals surface area contributed by atoms with Gasteiger partial charge in [0.25, 0.3) is 0 Å². The maximum atomic E-state index is 9.92. The van der Waals surface area contributed by atoms with Crippen LogP contribution in [-0.4, -0.2) is 5.11 Å². The molecule has 1 N–H and O–H groups in total. The van der Waals surface area contributed by atoms with E-state index < -0.39 is 0 Å². The Hall–Kier alpha value is 0.140. The lowest BCUT2D eigenvalue weighted by Gasteiger charge is -2.14. The summed E-state index contributed by atoms with van der Waals surface area (Å²) < 4.78 is 1.09. The highest BCUT2D eigenvalue weighted by Crippen LogP contribution is 2.29. The highest BCUT2D eigenvalue weighted by atomic mass is 79.9. The van der Waals surface area contributed by atoms with Crippen molar-refractivity contribution >= 4 is 27.3 Å². The molecule has 0 amide bonds. The number of hydrogen-bond acceptors (Lipinski definition) is 2. The number of halogens is 1. The average Bonchev–Trinajstić information content (AvgIpc) is 2.52. The van der Waals surface area contributed by atoms with Crippen LogP contribution >= 0.6 is 27.3 Å². The molecule has 0 aliphatic heterocycles. The Labute approximate surface area is 98.3 Å². The molecule has 1 aromatic heterocycles. The molecule has 0 saturated carbocycles. The molecule has 0 bridgehead atoms. The van der Waals surface area contributed by atoms with E-state index in [1.54, 1.807) is 11.3 Å². The van der Waals surface area contributed by atoms with Crippen molar-refractivity contribution in [3.63, 3.8) is 0 Å². The summed E-state index contributed by atoms with van der Waals surface area (Å²) in [7, 11) is 0. The van der Waals surface area contributed by atoms with Gasteiger partial charge in [0, 0.05) is 0 Å². The van der Waals surface area contributed by atoms with Gasteiger partial charge in [-0.1, -0.05) is 26.7 Å². The van der Waals surface area contributed by atoms with E-state index in [4.69, 9.17) is 0 Å². The third kappa shape index (κ3) is 3.71. The lowest BCUT2D eigenvalue weighted by molar-refractivity contribution is 0.145. The van der Waals surface area contributed by atoms with Crippen molar-refractivity contribution in [1.29, 1.82) is 0 Å². The fraction of sp³-hybridized carbons (Fsp3) is 0.636. The molecule has 0 aliphatic carbocycles. The van der Waals surface area contributed by atoms with Crippen molar-refractivity contribution in [3.05, 3.63) is 20.8 Å². The SMILES string of the molecule is CCCC(C)CC(O)c1csc(Br)c1. The third-order valence-corrected chi connectivity index (χ3v) is 3.90. The molecular weight excluding hydrogens is 260 g/mol. The first-order valence-electron chi connectivity index (χ1n) is 5.05. The number of rotatable bonds is 5. The van der Waals surface area contributed by atoms with E-state index in [0.717, 1.165) is 15.8 Å². The molecule has 80 valence electrons. The smallest absolute Gasteiger partial charge is 0.0801 e. The zero-order valence-corrected chi connectivity index (χ0v) is 11.1. The fourth-order valence-electron chi connectivity index (χ4n) is 1.63. The minimum atomic E-state index is -0.293. The van der Waals surface area contributed by atoms with E-state index in [-0.39, 0.29) is 6.10 Å². The van der Waals surface area contributed by atoms with Gasteiger partial charge in [-0.2, -0.15) is 0 Å². The van der Waals surface area contributed by atoms with Gasteiger partial charge in [0.2, 0.25) is 0 Å². The van der Waals surface area contributed by atoms with Crippen LogP contribution in [0.25, 0.3) is 0 Å². The molecule has 1 aromatic rings. The first kappa shape index (κ1) is 12.2. The van der Waals surface area contributed by atoms with E-state index in [1.165, 1.54) is 12.8 Å². The van der Waals surface area contributed by atoms with Crippen LogP contribution in [0.1, 0.15) is 44.8 Å². The highest BCUT2D eigenvalue weighted by molar-refractivity contribution is 9.11. The summed E-state index contributed by atoms with van der Waals surface area (Å²) in [6.07, 6.45) is 2.97. The quantitative estimate of drug-likeness (QED) is 0.847. The van der Waals surface area contributed by atoms with Crippen LogP contribution in [0, 0.1) is 5.92 Å². The Morgan fingerprint density at radius 2 is 2.29 bits per heavy atom. The van der Waals surface area contributed by atoms with Crippen LogP contribution in [0.3, 0.4) is 0 Å². The normalized spacial score (nSPS) is 15.4. The summed E-state index contributed by atoms with van der Waals surface area (Å²) in [4.78, 5) is 0. The van der Waals surface area contributed by atoms with E-state index in [0.29, 0.717) is 5.92 Å². The Balaban J connectivity index is 2.45. The van der Waals surface area contributed by atoms with Crippen LogP contribution in [0.5, 0.6) is 0 Å². The van der Waals surface area contributed by atoms with Crippen molar-refractivity contribution in [1.82, 2.24) is 0 Å². The van der Waals surface area contributed by atoms with Crippen LogP contribution in [-0.2, 0) is 0 Å². The predicted octanol–water partition coefficient (Wildman–Crippen LogP) is 4.37. The number of thiophene rings is 1.